The molecule has 1 unspecified atom stereocenters. The average Bonchev–Trinajstić information content (AvgIpc) is 2.55. The van der Waals surface area contributed by atoms with Gasteiger partial charge < -0.3 is 25.2 Å². The average molecular weight is 380 g/mol. The van der Waals surface area contributed by atoms with Gasteiger partial charge in [0.1, 0.15) is 17.9 Å². The highest BCUT2D eigenvalue weighted by Gasteiger charge is 2.16. The van der Waals surface area contributed by atoms with E-state index in [1.165, 1.54) is 0 Å². The maximum absolute atomic E-state index is 11.8. The van der Waals surface area contributed by atoms with Gasteiger partial charge in [0.25, 0.3) is 0 Å². The predicted molar refractivity (Wildman–Crippen MR) is 107 cm³/mol. The van der Waals surface area contributed by atoms with Crippen LogP contribution in [-0.2, 0) is 9.53 Å². The maximum Gasteiger partial charge on any atom is 0.328 e. The molecule has 0 amide bonds. The summed E-state index contributed by atoms with van der Waals surface area (Å²) in [4.78, 5) is 16.0. The number of aliphatic hydroxyl groups is 1. The van der Waals surface area contributed by atoms with Gasteiger partial charge in [0.05, 0.1) is 12.2 Å². The zero-order valence-corrected chi connectivity index (χ0v) is 17.2. The minimum absolute atomic E-state index is 0.0933. The molecule has 3 N–H and O–H groups in total. The van der Waals surface area contributed by atoms with Crippen molar-refractivity contribution in [1.82, 2.24) is 10.6 Å². The first kappa shape index (κ1) is 22.8. The second kappa shape index (κ2) is 10.8. The van der Waals surface area contributed by atoms with E-state index in [1.54, 1.807) is 0 Å². The highest BCUT2D eigenvalue weighted by atomic mass is 16.6. The monoisotopic (exact) mass is 379 g/mol. The van der Waals surface area contributed by atoms with Crippen molar-refractivity contribution in [1.29, 1.82) is 0 Å². The maximum atomic E-state index is 11.8. The van der Waals surface area contributed by atoms with Crippen molar-refractivity contribution in [2.24, 2.45) is 4.99 Å². The molecule has 152 valence electrons. The van der Waals surface area contributed by atoms with E-state index in [0.717, 1.165) is 11.3 Å². The van der Waals surface area contributed by atoms with Crippen LogP contribution in [0.4, 0.5) is 0 Å². The highest BCUT2D eigenvalue weighted by Crippen LogP contribution is 2.18. The Balaban J connectivity index is 2.59. The number of aliphatic imine (C=N–C) groups is 1. The number of ether oxygens (including phenoxy) is 2. The number of benzene rings is 1. The van der Waals surface area contributed by atoms with Crippen LogP contribution in [0.2, 0.25) is 0 Å². The minimum atomic E-state index is -0.719. The molecule has 1 rings (SSSR count). The number of guanidine groups is 1. The number of carbonyl (C=O) groups excluding carboxylic acids is 1. The highest BCUT2D eigenvalue weighted by molar-refractivity contribution is 5.83. The molecule has 0 bridgehead atoms. The molecule has 0 aliphatic heterocycles. The first-order valence-corrected chi connectivity index (χ1v) is 9.29. The standard InChI is InChI=1S/C20H33N3O4/c1-7-21-19(23-13-18(25)27-20(4,5)6)22-12-17(24)15-8-10-16(11-9-15)26-14(2)3/h8-11,14,17,24H,7,12-13H2,1-6H3,(H2,21,22,23). The lowest BCUT2D eigenvalue weighted by Crippen LogP contribution is -2.40. The van der Waals surface area contributed by atoms with E-state index < -0.39 is 17.7 Å². The number of carbonyl (C=O) groups is 1. The third-order valence-corrected chi connectivity index (χ3v) is 3.23. The molecule has 0 saturated heterocycles. The lowest BCUT2D eigenvalue weighted by atomic mass is 10.1. The second-order valence-electron chi connectivity index (χ2n) is 7.41. The smallest absolute Gasteiger partial charge is 0.328 e. The molecule has 0 radical (unpaired) electrons. The summed E-state index contributed by atoms with van der Waals surface area (Å²) in [5.41, 5.74) is 0.224. The fourth-order valence-corrected chi connectivity index (χ4v) is 2.21. The second-order valence-corrected chi connectivity index (χ2v) is 7.41. The van der Waals surface area contributed by atoms with Crippen LogP contribution in [0.25, 0.3) is 0 Å². The molecular formula is C20H33N3O4. The van der Waals surface area contributed by atoms with Crippen LogP contribution in [0.1, 0.15) is 53.2 Å². The van der Waals surface area contributed by atoms with Crippen LogP contribution in [0.5, 0.6) is 5.75 Å². The van der Waals surface area contributed by atoms with Gasteiger partial charge in [0.2, 0.25) is 0 Å². The molecule has 0 aliphatic carbocycles. The van der Waals surface area contributed by atoms with Gasteiger partial charge in [-0.15, -0.1) is 0 Å². The van der Waals surface area contributed by atoms with E-state index in [4.69, 9.17) is 9.47 Å². The summed E-state index contributed by atoms with van der Waals surface area (Å²) in [7, 11) is 0. The SMILES string of the molecule is CCNC(=NCC(=O)OC(C)(C)C)NCC(O)c1ccc(OC(C)C)cc1. The van der Waals surface area contributed by atoms with Crippen molar-refractivity contribution < 1.29 is 19.4 Å². The quantitative estimate of drug-likeness (QED) is 0.365. The van der Waals surface area contributed by atoms with Gasteiger partial charge in [-0.3, -0.25) is 4.79 Å². The normalized spacial score (nSPS) is 13.3. The number of hydrogen-bond acceptors (Lipinski definition) is 5. The Hall–Kier alpha value is -2.28. The van der Waals surface area contributed by atoms with Crippen molar-refractivity contribution >= 4 is 11.9 Å². The van der Waals surface area contributed by atoms with Crippen molar-refractivity contribution in [3.8, 4) is 5.75 Å². The Morgan fingerprint density at radius 1 is 1.19 bits per heavy atom. The summed E-state index contributed by atoms with van der Waals surface area (Å²) in [5, 5.41) is 16.4. The van der Waals surface area contributed by atoms with E-state index in [9.17, 15) is 9.90 Å². The molecule has 0 aromatic heterocycles. The summed E-state index contributed by atoms with van der Waals surface area (Å²) in [6, 6.07) is 7.32. The van der Waals surface area contributed by atoms with Gasteiger partial charge in [0, 0.05) is 13.1 Å². The van der Waals surface area contributed by atoms with Gasteiger partial charge in [-0.25, -0.2) is 4.99 Å². The van der Waals surface area contributed by atoms with Crippen molar-refractivity contribution in [3.63, 3.8) is 0 Å². The van der Waals surface area contributed by atoms with E-state index in [0.29, 0.717) is 12.5 Å². The molecule has 7 heteroatoms. The summed E-state index contributed by atoms with van der Waals surface area (Å²) in [6.45, 7) is 12.1. The molecule has 0 heterocycles. The summed E-state index contributed by atoms with van der Waals surface area (Å²) >= 11 is 0. The van der Waals surface area contributed by atoms with Crippen molar-refractivity contribution in [3.05, 3.63) is 29.8 Å². The van der Waals surface area contributed by atoms with Gasteiger partial charge in [-0.1, -0.05) is 12.1 Å². The largest absolute Gasteiger partial charge is 0.491 e. The van der Waals surface area contributed by atoms with E-state index in [-0.39, 0.29) is 19.2 Å². The number of aliphatic hydroxyl groups excluding tert-OH is 1. The Morgan fingerprint density at radius 2 is 1.81 bits per heavy atom. The third kappa shape index (κ3) is 9.84. The topological polar surface area (TPSA) is 92.2 Å². The Bertz CT molecular complexity index is 607. The zero-order chi connectivity index (χ0) is 20.4. The molecule has 0 saturated carbocycles. The van der Waals surface area contributed by atoms with Gasteiger partial charge in [-0.05, 0) is 59.2 Å². The molecule has 0 aliphatic rings. The molecule has 1 aromatic carbocycles. The molecule has 1 aromatic rings. The molecule has 1 atom stereocenters. The van der Waals surface area contributed by atoms with Gasteiger partial charge in [0.15, 0.2) is 5.96 Å². The van der Waals surface area contributed by atoms with Crippen LogP contribution < -0.4 is 15.4 Å². The molecule has 0 spiro atoms. The van der Waals surface area contributed by atoms with Crippen molar-refractivity contribution in [2.75, 3.05) is 19.6 Å². The van der Waals surface area contributed by atoms with Gasteiger partial charge >= 0.3 is 5.97 Å². The summed E-state index contributed by atoms with van der Waals surface area (Å²) in [5.74, 6) is 0.810. The molecular weight excluding hydrogens is 346 g/mol. The van der Waals surface area contributed by atoms with E-state index in [2.05, 4.69) is 15.6 Å². The third-order valence-electron chi connectivity index (χ3n) is 3.23. The number of hydrogen-bond donors (Lipinski definition) is 3. The Labute approximate surface area is 162 Å². The number of nitrogens with zero attached hydrogens (tertiary/aromatic N) is 1. The predicted octanol–water partition coefficient (Wildman–Crippen LogP) is 2.40. The molecule has 7 nitrogen and oxygen atoms in total. The molecule has 27 heavy (non-hydrogen) atoms. The summed E-state index contributed by atoms with van der Waals surface area (Å²) in [6.07, 6.45) is -0.616. The Kier molecular flexibility index (Phi) is 9.08. The van der Waals surface area contributed by atoms with E-state index >= 15 is 0 Å². The van der Waals surface area contributed by atoms with Crippen LogP contribution in [0, 0.1) is 0 Å². The van der Waals surface area contributed by atoms with Crippen LogP contribution in [-0.4, -0.2) is 48.4 Å². The molecule has 0 fully saturated rings. The lowest BCUT2D eigenvalue weighted by molar-refractivity contribution is -0.152. The lowest BCUT2D eigenvalue weighted by Gasteiger charge is -2.19. The van der Waals surface area contributed by atoms with Crippen LogP contribution in [0.15, 0.2) is 29.3 Å². The minimum Gasteiger partial charge on any atom is -0.491 e. The fraction of sp³-hybridized carbons (Fsp3) is 0.600. The number of rotatable bonds is 8. The number of esters is 1. The number of nitrogens with one attached hydrogen (secondary N) is 2. The van der Waals surface area contributed by atoms with E-state index in [1.807, 2.05) is 65.8 Å². The van der Waals surface area contributed by atoms with Crippen LogP contribution in [0.3, 0.4) is 0 Å². The van der Waals surface area contributed by atoms with Crippen LogP contribution >= 0.6 is 0 Å². The first-order chi connectivity index (χ1) is 12.6. The first-order valence-electron chi connectivity index (χ1n) is 9.29. The Morgan fingerprint density at radius 3 is 2.33 bits per heavy atom. The van der Waals surface area contributed by atoms with Gasteiger partial charge in [-0.2, -0.15) is 0 Å². The van der Waals surface area contributed by atoms with Crippen molar-refractivity contribution in [2.45, 2.75) is 59.4 Å². The summed E-state index contributed by atoms with van der Waals surface area (Å²) < 4.78 is 10.8. The zero-order valence-electron chi connectivity index (χ0n) is 17.2. The fourth-order valence-electron chi connectivity index (χ4n) is 2.21.